The van der Waals surface area contributed by atoms with Crippen molar-refractivity contribution < 1.29 is 14.3 Å². The lowest BCUT2D eigenvalue weighted by molar-refractivity contribution is -0.122. The molecule has 1 aliphatic carbocycles. The van der Waals surface area contributed by atoms with Gasteiger partial charge >= 0.3 is 6.09 Å². The van der Waals surface area contributed by atoms with Gasteiger partial charge in [-0.2, -0.15) is 0 Å². The van der Waals surface area contributed by atoms with Crippen molar-refractivity contribution in [3.05, 3.63) is 0 Å². The maximum absolute atomic E-state index is 12.2. The Balaban J connectivity index is 1.46. The molecule has 1 atom stereocenters. The van der Waals surface area contributed by atoms with Crippen molar-refractivity contribution in [1.82, 2.24) is 15.1 Å². The van der Waals surface area contributed by atoms with Crippen LogP contribution in [-0.2, 0) is 9.53 Å². The fraction of sp³-hybridized carbons (Fsp3) is 0.882. The fourth-order valence-electron chi connectivity index (χ4n) is 4.09. The van der Waals surface area contributed by atoms with Gasteiger partial charge in [0.25, 0.3) is 0 Å². The molecule has 0 bridgehead atoms. The molecular weight excluding hydrogens is 294 g/mol. The summed E-state index contributed by atoms with van der Waals surface area (Å²) in [5.41, 5.74) is 0. The number of carbonyl (C=O) groups excluding carboxylic acids is 2. The molecule has 3 fully saturated rings. The van der Waals surface area contributed by atoms with Gasteiger partial charge in [-0.15, -0.1) is 0 Å². The number of nitrogens with one attached hydrogen (secondary N) is 1. The van der Waals surface area contributed by atoms with Crippen LogP contribution in [0.4, 0.5) is 4.79 Å². The van der Waals surface area contributed by atoms with Crippen molar-refractivity contribution in [3.63, 3.8) is 0 Å². The largest absolute Gasteiger partial charge is 0.448 e. The van der Waals surface area contributed by atoms with Crippen molar-refractivity contribution in [2.24, 2.45) is 0 Å². The van der Waals surface area contributed by atoms with Crippen molar-refractivity contribution >= 4 is 12.0 Å². The summed E-state index contributed by atoms with van der Waals surface area (Å²) >= 11 is 0. The maximum atomic E-state index is 12.2. The third-order valence-corrected chi connectivity index (χ3v) is 5.34. The van der Waals surface area contributed by atoms with E-state index in [9.17, 15) is 9.59 Å². The van der Waals surface area contributed by atoms with Crippen LogP contribution in [0.5, 0.6) is 0 Å². The van der Waals surface area contributed by atoms with E-state index in [2.05, 4.69) is 10.2 Å². The van der Waals surface area contributed by atoms with Crippen LogP contribution in [0.2, 0.25) is 0 Å². The Morgan fingerprint density at radius 1 is 1.09 bits per heavy atom. The number of piperidine rings is 1. The van der Waals surface area contributed by atoms with Crippen LogP contribution in [-0.4, -0.2) is 66.7 Å². The van der Waals surface area contributed by atoms with E-state index in [1.165, 1.54) is 43.4 Å². The van der Waals surface area contributed by atoms with E-state index in [0.29, 0.717) is 19.2 Å². The highest BCUT2D eigenvalue weighted by molar-refractivity contribution is 5.83. The van der Waals surface area contributed by atoms with Gasteiger partial charge in [-0.3, -0.25) is 14.6 Å². The van der Waals surface area contributed by atoms with Crippen LogP contribution in [0.1, 0.15) is 51.4 Å². The van der Waals surface area contributed by atoms with Gasteiger partial charge in [0.2, 0.25) is 5.91 Å². The SMILES string of the molecule is O=C(CN1CCOC1=O)NC1CCCN(C2CCCCCC2)C1. The van der Waals surface area contributed by atoms with Crippen molar-refractivity contribution in [1.29, 1.82) is 0 Å². The number of nitrogens with zero attached hydrogens (tertiary/aromatic N) is 2. The molecule has 2 aliphatic heterocycles. The molecule has 2 heterocycles. The minimum atomic E-state index is -0.371. The second kappa shape index (κ2) is 7.99. The number of hydrogen-bond acceptors (Lipinski definition) is 4. The molecule has 3 aliphatic rings. The quantitative estimate of drug-likeness (QED) is 0.801. The molecule has 1 unspecified atom stereocenters. The smallest absolute Gasteiger partial charge is 0.410 e. The highest BCUT2D eigenvalue weighted by atomic mass is 16.6. The molecule has 130 valence electrons. The molecule has 2 saturated heterocycles. The Labute approximate surface area is 138 Å². The highest BCUT2D eigenvalue weighted by Gasteiger charge is 2.29. The molecule has 2 amide bonds. The summed E-state index contributed by atoms with van der Waals surface area (Å²) in [5, 5.41) is 3.12. The summed E-state index contributed by atoms with van der Waals surface area (Å²) in [6.07, 6.45) is 9.86. The predicted molar refractivity (Wildman–Crippen MR) is 87.1 cm³/mol. The zero-order valence-electron chi connectivity index (χ0n) is 14.0. The lowest BCUT2D eigenvalue weighted by Gasteiger charge is -2.38. The number of likely N-dealkylation sites (tertiary alicyclic amines) is 1. The van der Waals surface area contributed by atoms with Crippen LogP contribution >= 0.6 is 0 Å². The molecule has 0 spiro atoms. The van der Waals surface area contributed by atoms with Gasteiger partial charge < -0.3 is 10.1 Å². The molecule has 1 saturated carbocycles. The summed E-state index contributed by atoms with van der Waals surface area (Å²) in [6.45, 7) is 3.16. The van der Waals surface area contributed by atoms with Crippen molar-refractivity contribution in [2.45, 2.75) is 63.5 Å². The normalized spacial score (nSPS) is 27.6. The van der Waals surface area contributed by atoms with Gasteiger partial charge in [0.05, 0.1) is 6.54 Å². The lowest BCUT2D eigenvalue weighted by Crippen LogP contribution is -2.52. The molecular formula is C17H29N3O3. The van der Waals surface area contributed by atoms with Crippen LogP contribution in [0.3, 0.4) is 0 Å². The molecule has 3 rings (SSSR count). The molecule has 1 N–H and O–H groups in total. The van der Waals surface area contributed by atoms with Crippen LogP contribution < -0.4 is 5.32 Å². The zero-order chi connectivity index (χ0) is 16.1. The fourth-order valence-corrected chi connectivity index (χ4v) is 4.09. The Morgan fingerprint density at radius 3 is 2.57 bits per heavy atom. The van der Waals surface area contributed by atoms with Crippen LogP contribution in [0, 0.1) is 0 Å². The van der Waals surface area contributed by atoms with E-state index in [-0.39, 0.29) is 24.6 Å². The van der Waals surface area contributed by atoms with Gasteiger partial charge in [0.1, 0.15) is 13.2 Å². The number of cyclic esters (lactones) is 1. The first-order valence-electron chi connectivity index (χ1n) is 9.17. The van der Waals surface area contributed by atoms with Gasteiger partial charge in [0.15, 0.2) is 0 Å². The van der Waals surface area contributed by atoms with Gasteiger partial charge in [-0.1, -0.05) is 25.7 Å². The first-order valence-corrected chi connectivity index (χ1v) is 9.17. The molecule has 23 heavy (non-hydrogen) atoms. The molecule has 0 aromatic rings. The third kappa shape index (κ3) is 4.59. The second-order valence-electron chi connectivity index (χ2n) is 7.08. The summed E-state index contributed by atoms with van der Waals surface area (Å²) in [5.74, 6) is -0.0587. The first kappa shape index (κ1) is 16.6. The van der Waals surface area contributed by atoms with Crippen LogP contribution in [0.15, 0.2) is 0 Å². The van der Waals surface area contributed by atoms with E-state index in [0.717, 1.165) is 25.9 Å². The van der Waals surface area contributed by atoms with Crippen molar-refractivity contribution in [3.8, 4) is 0 Å². The monoisotopic (exact) mass is 323 g/mol. The molecule has 0 radical (unpaired) electrons. The average molecular weight is 323 g/mol. The second-order valence-corrected chi connectivity index (χ2v) is 7.08. The number of rotatable bonds is 4. The Bertz CT molecular complexity index is 421. The van der Waals surface area contributed by atoms with Crippen LogP contribution in [0.25, 0.3) is 0 Å². The Morgan fingerprint density at radius 2 is 1.87 bits per heavy atom. The zero-order valence-corrected chi connectivity index (χ0v) is 14.0. The predicted octanol–water partition coefficient (Wildman–Crippen LogP) is 1.74. The molecule has 0 aromatic heterocycles. The first-order chi connectivity index (χ1) is 11.2. The lowest BCUT2D eigenvalue weighted by atomic mass is 10.00. The minimum absolute atomic E-state index is 0.0587. The number of carbonyl (C=O) groups is 2. The van der Waals surface area contributed by atoms with E-state index >= 15 is 0 Å². The Hall–Kier alpha value is -1.30. The molecule has 0 aromatic carbocycles. The summed E-state index contributed by atoms with van der Waals surface area (Å²) in [6, 6.07) is 0.920. The molecule has 6 nitrogen and oxygen atoms in total. The topological polar surface area (TPSA) is 61.9 Å². The Kier molecular flexibility index (Phi) is 5.75. The average Bonchev–Trinajstić information content (AvgIpc) is 2.79. The maximum Gasteiger partial charge on any atom is 0.410 e. The third-order valence-electron chi connectivity index (χ3n) is 5.34. The van der Waals surface area contributed by atoms with E-state index in [4.69, 9.17) is 4.74 Å². The number of hydrogen-bond donors (Lipinski definition) is 1. The van der Waals surface area contributed by atoms with Crippen molar-refractivity contribution in [2.75, 3.05) is 32.8 Å². The van der Waals surface area contributed by atoms with Gasteiger partial charge in [-0.25, -0.2) is 4.79 Å². The summed E-state index contributed by atoms with van der Waals surface area (Å²) in [7, 11) is 0. The van der Waals surface area contributed by atoms with E-state index in [1.807, 2.05) is 0 Å². The molecule has 6 heteroatoms. The summed E-state index contributed by atoms with van der Waals surface area (Å²) in [4.78, 5) is 27.6. The summed E-state index contributed by atoms with van der Waals surface area (Å²) < 4.78 is 4.86. The number of amides is 2. The van der Waals surface area contributed by atoms with E-state index < -0.39 is 0 Å². The highest BCUT2D eigenvalue weighted by Crippen LogP contribution is 2.24. The van der Waals surface area contributed by atoms with Gasteiger partial charge in [0, 0.05) is 18.6 Å². The minimum Gasteiger partial charge on any atom is -0.448 e. The van der Waals surface area contributed by atoms with E-state index in [1.54, 1.807) is 0 Å². The van der Waals surface area contributed by atoms with Gasteiger partial charge in [-0.05, 0) is 32.2 Å². The number of ether oxygens (including phenoxy) is 1. The standard InChI is InChI=1S/C17H29N3O3/c21-16(13-20-10-11-23-17(20)22)18-14-6-5-9-19(12-14)15-7-3-1-2-4-8-15/h14-15H,1-13H2,(H,18,21).